The molecule has 2 amide bonds. The Labute approximate surface area is 209 Å². The molecule has 0 saturated carbocycles. The highest BCUT2D eigenvalue weighted by Gasteiger charge is 2.56. The van der Waals surface area contributed by atoms with Gasteiger partial charge < -0.3 is 14.6 Å². The van der Waals surface area contributed by atoms with Gasteiger partial charge in [0, 0.05) is 46.9 Å². The molecule has 1 aromatic carbocycles. The summed E-state index contributed by atoms with van der Waals surface area (Å²) in [6, 6.07) is 2.89. The van der Waals surface area contributed by atoms with Crippen molar-refractivity contribution in [1.82, 2.24) is 4.90 Å². The third-order valence-electron chi connectivity index (χ3n) is 7.92. The van der Waals surface area contributed by atoms with Crippen LogP contribution in [0, 0.1) is 17.8 Å². The fourth-order valence-corrected chi connectivity index (χ4v) is 6.41. The number of fused-ring (bicyclic) bond motifs is 3. The maximum Gasteiger partial charge on any atom is 0.233 e. The summed E-state index contributed by atoms with van der Waals surface area (Å²) in [6.45, 7) is 3.90. The molecule has 0 aromatic heterocycles. The SMILES string of the molecule is CCCN1C(=O)[C@H]2[C@H](CC=C3[C@H](c4c(OC)cc(O)cc4OC)C4=C(C[C@H]32)C(=O)C=C(C)C4=O)C1=O. The number of phenolic OH excluding ortho intramolecular Hbond substituents is 1. The van der Waals surface area contributed by atoms with E-state index in [4.69, 9.17) is 9.47 Å². The molecule has 4 atom stereocenters. The summed E-state index contributed by atoms with van der Waals surface area (Å²) in [4.78, 5) is 54.7. The van der Waals surface area contributed by atoms with Crippen LogP contribution in [0.1, 0.15) is 44.6 Å². The number of hydrogen-bond donors (Lipinski definition) is 1. The van der Waals surface area contributed by atoms with Crippen LogP contribution < -0.4 is 9.47 Å². The molecule has 0 radical (unpaired) electrons. The number of carbonyl (C=O) groups is 4. The summed E-state index contributed by atoms with van der Waals surface area (Å²) in [6.07, 6.45) is 4.56. The van der Waals surface area contributed by atoms with Crippen LogP contribution in [0.25, 0.3) is 0 Å². The number of allylic oxidation sites excluding steroid dienone is 6. The standard InChI is InChI=1S/C28H29NO7/c1-5-8-29-27(33)16-7-6-15-17(22(16)28(29)34)12-18-19(31)9-13(2)26(32)24(18)23(15)25-20(35-3)10-14(30)11-21(25)36-4/h6,9-11,16-17,22-23,30H,5,7-8,12H2,1-4H3/t16-,17+,22-,23-/m0/s1. The highest BCUT2D eigenvalue weighted by molar-refractivity contribution is 6.24. The average molecular weight is 492 g/mol. The Bertz CT molecular complexity index is 1280. The molecule has 1 heterocycles. The van der Waals surface area contributed by atoms with Crippen LogP contribution in [-0.2, 0) is 19.2 Å². The van der Waals surface area contributed by atoms with E-state index >= 15 is 0 Å². The van der Waals surface area contributed by atoms with E-state index < -0.39 is 23.7 Å². The number of methoxy groups -OCH3 is 2. The molecule has 3 aliphatic carbocycles. The Morgan fingerprint density at radius 2 is 1.69 bits per heavy atom. The molecule has 188 valence electrons. The second-order valence-corrected chi connectivity index (χ2v) is 9.82. The topological polar surface area (TPSA) is 110 Å². The molecule has 5 rings (SSSR count). The fraction of sp³-hybridized carbons (Fsp3) is 0.429. The Morgan fingerprint density at radius 1 is 1.03 bits per heavy atom. The van der Waals surface area contributed by atoms with Gasteiger partial charge in [0.05, 0.1) is 26.1 Å². The number of amides is 2. The summed E-state index contributed by atoms with van der Waals surface area (Å²) in [5, 5.41) is 10.2. The van der Waals surface area contributed by atoms with Crippen molar-refractivity contribution < 1.29 is 33.8 Å². The smallest absolute Gasteiger partial charge is 0.233 e. The zero-order valence-electron chi connectivity index (χ0n) is 20.8. The number of nitrogens with zero attached hydrogens (tertiary/aromatic N) is 1. The lowest BCUT2D eigenvalue weighted by atomic mass is 9.59. The van der Waals surface area contributed by atoms with Gasteiger partial charge in [0.15, 0.2) is 11.6 Å². The second-order valence-electron chi connectivity index (χ2n) is 9.82. The van der Waals surface area contributed by atoms with Gasteiger partial charge in [-0.3, -0.25) is 24.1 Å². The van der Waals surface area contributed by atoms with Gasteiger partial charge >= 0.3 is 0 Å². The van der Waals surface area contributed by atoms with Gasteiger partial charge in [-0.15, -0.1) is 0 Å². The van der Waals surface area contributed by atoms with E-state index in [0.29, 0.717) is 53.2 Å². The van der Waals surface area contributed by atoms with E-state index in [2.05, 4.69) is 0 Å². The van der Waals surface area contributed by atoms with Crippen molar-refractivity contribution in [3.63, 3.8) is 0 Å². The zero-order valence-corrected chi connectivity index (χ0v) is 20.8. The minimum atomic E-state index is -0.714. The van der Waals surface area contributed by atoms with Crippen molar-refractivity contribution >= 4 is 23.4 Å². The van der Waals surface area contributed by atoms with Crippen molar-refractivity contribution in [2.24, 2.45) is 17.8 Å². The number of hydrogen-bond acceptors (Lipinski definition) is 7. The van der Waals surface area contributed by atoms with Gasteiger partial charge in [-0.05, 0) is 38.2 Å². The van der Waals surface area contributed by atoms with Crippen LogP contribution in [0.15, 0.2) is 46.6 Å². The first kappa shape index (κ1) is 24.0. The monoisotopic (exact) mass is 491 g/mol. The highest BCUT2D eigenvalue weighted by atomic mass is 16.5. The molecule has 0 unspecified atom stereocenters. The third-order valence-corrected chi connectivity index (χ3v) is 7.92. The van der Waals surface area contributed by atoms with Crippen molar-refractivity contribution in [2.45, 2.75) is 39.0 Å². The summed E-state index contributed by atoms with van der Waals surface area (Å²) >= 11 is 0. The maximum atomic E-state index is 13.5. The van der Waals surface area contributed by atoms with E-state index in [0.717, 1.165) is 5.57 Å². The Balaban J connectivity index is 1.75. The molecule has 1 aromatic rings. The van der Waals surface area contributed by atoms with Crippen LogP contribution in [0.4, 0.5) is 0 Å². The summed E-state index contributed by atoms with van der Waals surface area (Å²) in [5.41, 5.74) is 2.38. The zero-order chi connectivity index (χ0) is 25.9. The maximum absolute atomic E-state index is 13.5. The number of ether oxygens (including phenoxy) is 2. The third kappa shape index (κ3) is 3.34. The molecular formula is C28H29NO7. The van der Waals surface area contributed by atoms with Crippen LogP contribution in [0.3, 0.4) is 0 Å². The molecular weight excluding hydrogens is 462 g/mol. The average Bonchev–Trinajstić information content (AvgIpc) is 3.10. The van der Waals surface area contributed by atoms with Gasteiger partial charge in [0.25, 0.3) is 0 Å². The lowest BCUT2D eigenvalue weighted by molar-refractivity contribution is -0.140. The molecule has 1 fully saturated rings. The van der Waals surface area contributed by atoms with Crippen LogP contribution in [-0.4, -0.2) is 54.2 Å². The number of likely N-dealkylation sites (tertiary alicyclic amines) is 1. The van der Waals surface area contributed by atoms with Crippen LogP contribution in [0.2, 0.25) is 0 Å². The summed E-state index contributed by atoms with van der Waals surface area (Å²) in [7, 11) is 2.92. The summed E-state index contributed by atoms with van der Waals surface area (Å²) < 4.78 is 11.2. The van der Waals surface area contributed by atoms with Crippen molar-refractivity contribution in [1.29, 1.82) is 0 Å². The first-order chi connectivity index (χ1) is 17.2. The number of carbonyl (C=O) groups excluding carboxylic acids is 4. The predicted molar refractivity (Wildman–Crippen MR) is 130 cm³/mol. The lowest BCUT2D eigenvalue weighted by Gasteiger charge is -2.42. The predicted octanol–water partition coefficient (Wildman–Crippen LogP) is 3.25. The van der Waals surface area contributed by atoms with Crippen molar-refractivity contribution in [2.75, 3.05) is 20.8 Å². The first-order valence-corrected chi connectivity index (χ1v) is 12.2. The highest BCUT2D eigenvalue weighted by Crippen LogP contribution is 2.57. The van der Waals surface area contributed by atoms with E-state index in [1.807, 2.05) is 13.0 Å². The number of Topliss-reactive ketones (excluding diaryl/α,β-unsaturated/α-hetero) is 1. The number of phenols is 1. The lowest BCUT2D eigenvalue weighted by Crippen LogP contribution is -2.40. The number of rotatable bonds is 5. The Morgan fingerprint density at radius 3 is 2.31 bits per heavy atom. The van der Waals surface area contributed by atoms with Crippen LogP contribution in [0.5, 0.6) is 17.2 Å². The quantitative estimate of drug-likeness (QED) is 0.382. The second kappa shape index (κ2) is 8.76. The van der Waals surface area contributed by atoms with E-state index in [-0.39, 0.29) is 35.6 Å². The first-order valence-electron chi connectivity index (χ1n) is 12.2. The molecule has 4 aliphatic rings. The number of ketones is 2. The van der Waals surface area contributed by atoms with E-state index in [1.54, 1.807) is 6.92 Å². The number of aromatic hydroxyl groups is 1. The minimum absolute atomic E-state index is 0.0689. The van der Waals surface area contributed by atoms with Gasteiger partial charge in [-0.1, -0.05) is 18.6 Å². The molecule has 1 aliphatic heterocycles. The van der Waals surface area contributed by atoms with Gasteiger partial charge in [0.1, 0.15) is 17.2 Å². The Kier molecular flexibility index (Phi) is 5.85. The van der Waals surface area contributed by atoms with Gasteiger partial charge in [-0.2, -0.15) is 0 Å². The normalized spacial score (nSPS) is 27.4. The molecule has 1 saturated heterocycles. The Hall–Kier alpha value is -3.68. The van der Waals surface area contributed by atoms with E-state index in [1.165, 1.54) is 37.3 Å². The van der Waals surface area contributed by atoms with E-state index in [9.17, 15) is 24.3 Å². The molecule has 0 spiro atoms. The fourth-order valence-electron chi connectivity index (χ4n) is 6.41. The van der Waals surface area contributed by atoms with Crippen LogP contribution >= 0.6 is 0 Å². The number of benzene rings is 1. The minimum Gasteiger partial charge on any atom is -0.508 e. The molecule has 36 heavy (non-hydrogen) atoms. The number of imide groups is 1. The molecule has 8 heteroatoms. The van der Waals surface area contributed by atoms with Gasteiger partial charge in [-0.25, -0.2) is 0 Å². The summed E-state index contributed by atoms with van der Waals surface area (Å²) in [5.74, 6) is -2.53. The van der Waals surface area contributed by atoms with Crippen molar-refractivity contribution in [3.05, 3.63) is 52.1 Å². The largest absolute Gasteiger partial charge is 0.508 e. The van der Waals surface area contributed by atoms with Gasteiger partial charge in [0.2, 0.25) is 11.8 Å². The molecule has 8 nitrogen and oxygen atoms in total. The molecule has 0 bridgehead atoms. The molecule has 1 N–H and O–H groups in total. The van der Waals surface area contributed by atoms with Crippen molar-refractivity contribution in [3.8, 4) is 17.2 Å².